The molecule has 1 aromatic rings. The molecule has 2 aliphatic heterocycles. The van der Waals surface area contributed by atoms with Gasteiger partial charge in [-0.3, -0.25) is 9.69 Å². The van der Waals surface area contributed by atoms with Crippen LogP contribution in [-0.2, 0) is 24.7 Å². The van der Waals surface area contributed by atoms with Crippen LogP contribution in [0.15, 0.2) is 9.42 Å². The molecule has 4 rings (SSSR count). The number of carbonyl (C=O) groups excluding carboxylic acids is 1. The Bertz CT molecular complexity index is 1000. The second kappa shape index (κ2) is 7.88. The molecule has 0 N–H and O–H groups in total. The highest BCUT2D eigenvalue weighted by molar-refractivity contribution is 7.91. The van der Waals surface area contributed by atoms with Crippen molar-refractivity contribution < 1.29 is 26.2 Å². The molecule has 1 amide bonds. The fourth-order valence-electron chi connectivity index (χ4n) is 4.43. The van der Waals surface area contributed by atoms with Crippen LogP contribution in [-0.4, -0.2) is 98.3 Å². The SMILES string of the molecule is Cc1noc(C)c1S(=O)(=O)N1CCN(CC(=O)N(C2CC2)[C@@H]2CCS(=O)(=O)C2)CC1. The summed E-state index contributed by atoms with van der Waals surface area (Å²) in [6, 6.07) is -0.0757. The smallest absolute Gasteiger partial charge is 0.248 e. The van der Waals surface area contributed by atoms with Crippen LogP contribution in [0.1, 0.15) is 30.7 Å². The summed E-state index contributed by atoms with van der Waals surface area (Å²) in [7, 11) is -6.75. The van der Waals surface area contributed by atoms with E-state index in [1.165, 1.54) is 4.31 Å². The zero-order valence-electron chi connectivity index (χ0n) is 17.3. The normalized spacial score (nSPS) is 25.5. The first-order valence-corrected chi connectivity index (χ1v) is 13.5. The molecule has 1 aromatic heterocycles. The van der Waals surface area contributed by atoms with E-state index in [1.54, 1.807) is 18.7 Å². The van der Waals surface area contributed by atoms with Crippen LogP contribution in [0.2, 0.25) is 0 Å². The van der Waals surface area contributed by atoms with Crippen molar-refractivity contribution in [1.82, 2.24) is 19.3 Å². The van der Waals surface area contributed by atoms with Crippen LogP contribution in [0.3, 0.4) is 0 Å². The van der Waals surface area contributed by atoms with Crippen LogP contribution in [0.5, 0.6) is 0 Å². The number of rotatable bonds is 6. The van der Waals surface area contributed by atoms with Gasteiger partial charge in [-0.05, 0) is 33.1 Å². The summed E-state index contributed by atoms with van der Waals surface area (Å²) in [5, 5.41) is 3.74. The van der Waals surface area contributed by atoms with E-state index in [9.17, 15) is 21.6 Å². The van der Waals surface area contributed by atoms with Crippen molar-refractivity contribution >= 4 is 25.8 Å². The third kappa shape index (κ3) is 4.27. The number of hydrogen-bond donors (Lipinski definition) is 0. The Hall–Kier alpha value is -1.50. The topological polar surface area (TPSA) is 121 Å². The number of carbonyl (C=O) groups is 1. The van der Waals surface area contributed by atoms with Gasteiger partial charge in [-0.2, -0.15) is 4.31 Å². The van der Waals surface area contributed by atoms with Crippen molar-refractivity contribution in [3.05, 3.63) is 11.5 Å². The van der Waals surface area contributed by atoms with E-state index < -0.39 is 19.9 Å². The van der Waals surface area contributed by atoms with Gasteiger partial charge < -0.3 is 9.42 Å². The van der Waals surface area contributed by atoms with Crippen molar-refractivity contribution in [3.8, 4) is 0 Å². The molecular formula is C18H28N4O6S2. The second-order valence-corrected chi connectivity index (χ2v) is 12.5. The number of piperazine rings is 1. The number of aryl methyl sites for hydroxylation is 2. The third-order valence-corrected chi connectivity index (χ3v) is 9.98. The highest BCUT2D eigenvalue weighted by atomic mass is 32.2. The number of sulfone groups is 1. The number of hydrogen-bond acceptors (Lipinski definition) is 8. The Balaban J connectivity index is 1.37. The van der Waals surface area contributed by atoms with Gasteiger partial charge in [0.15, 0.2) is 15.6 Å². The van der Waals surface area contributed by atoms with E-state index in [0.29, 0.717) is 25.2 Å². The second-order valence-electron chi connectivity index (χ2n) is 8.42. The molecule has 12 heteroatoms. The Morgan fingerprint density at radius 3 is 2.30 bits per heavy atom. The lowest BCUT2D eigenvalue weighted by molar-refractivity contribution is -0.135. The monoisotopic (exact) mass is 460 g/mol. The first kappa shape index (κ1) is 21.7. The van der Waals surface area contributed by atoms with E-state index in [0.717, 1.165) is 12.8 Å². The van der Waals surface area contributed by atoms with Gasteiger partial charge in [0.2, 0.25) is 15.9 Å². The minimum atomic E-state index is -3.69. The quantitative estimate of drug-likeness (QED) is 0.571. The van der Waals surface area contributed by atoms with Gasteiger partial charge >= 0.3 is 0 Å². The van der Waals surface area contributed by atoms with E-state index >= 15 is 0 Å². The van der Waals surface area contributed by atoms with Crippen LogP contribution in [0, 0.1) is 13.8 Å². The van der Waals surface area contributed by atoms with Crippen molar-refractivity contribution in [1.29, 1.82) is 0 Å². The summed E-state index contributed by atoms with van der Waals surface area (Å²) in [5.74, 6) is 0.420. The summed E-state index contributed by atoms with van der Waals surface area (Å²) in [4.78, 5) is 16.8. The largest absolute Gasteiger partial charge is 0.360 e. The zero-order valence-corrected chi connectivity index (χ0v) is 18.9. The van der Waals surface area contributed by atoms with Crippen LogP contribution < -0.4 is 0 Å². The van der Waals surface area contributed by atoms with Gasteiger partial charge in [0.05, 0.1) is 18.1 Å². The molecule has 2 saturated heterocycles. The highest BCUT2D eigenvalue weighted by Crippen LogP contribution is 2.32. The van der Waals surface area contributed by atoms with Crippen LogP contribution in [0.25, 0.3) is 0 Å². The van der Waals surface area contributed by atoms with Crippen LogP contribution >= 0.6 is 0 Å². The molecule has 3 heterocycles. The van der Waals surface area contributed by atoms with Crippen molar-refractivity contribution in [3.63, 3.8) is 0 Å². The van der Waals surface area contributed by atoms with E-state index in [1.807, 2.05) is 4.90 Å². The summed E-state index contributed by atoms with van der Waals surface area (Å²) in [6.07, 6.45) is 2.35. The Morgan fingerprint density at radius 1 is 1.13 bits per heavy atom. The molecule has 0 aromatic carbocycles. The number of amides is 1. The Morgan fingerprint density at radius 2 is 1.80 bits per heavy atom. The lowest BCUT2D eigenvalue weighted by Crippen LogP contribution is -2.53. The Kier molecular flexibility index (Phi) is 5.71. The number of nitrogens with zero attached hydrogens (tertiary/aromatic N) is 4. The summed E-state index contributed by atoms with van der Waals surface area (Å²) in [6.45, 7) is 4.81. The molecule has 30 heavy (non-hydrogen) atoms. The molecule has 0 bridgehead atoms. The Labute approximate surface area is 177 Å². The molecule has 0 spiro atoms. The predicted octanol–water partition coefficient (Wildman–Crippen LogP) is -0.224. The summed E-state index contributed by atoms with van der Waals surface area (Å²) in [5.41, 5.74) is 0.344. The average molecular weight is 461 g/mol. The molecular weight excluding hydrogens is 432 g/mol. The highest BCUT2D eigenvalue weighted by Gasteiger charge is 2.42. The maximum absolute atomic E-state index is 13.0. The number of aromatic nitrogens is 1. The van der Waals surface area contributed by atoms with Gasteiger partial charge in [-0.25, -0.2) is 16.8 Å². The molecule has 0 unspecified atom stereocenters. The van der Waals surface area contributed by atoms with Crippen molar-refractivity contribution in [2.45, 2.75) is 50.1 Å². The van der Waals surface area contributed by atoms with Gasteiger partial charge in [0.25, 0.3) is 0 Å². The van der Waals surface area contributed by atoms with Crippen LogP contribution in [0.4, 0.5) is 0 Å². The first-order valence-electron chi connectivity index (χ1n) is 10.3. The molecule has 168 valence electrons. The summed E-state index contributed by atoms with van der Waals surface area (Å²) < 4.78 is 56.0. The maximum atomic E-state index is 13.0. The molecule has 3 fully saturated rings. The molecule has 3 aliphatic rings. The molecule has 1 aliphatic carbocycles. The molecule has 10 nitrogen and oxygen atoms in total. The maximum Gasteiger partial charge on any atom is 0.248 e. The summed E-state index contributed by atoms with van der Waals surface area (Å²) >= 11 is 0. The predicted molar refractivity (Wildman–Crippen MR) is 108 cm³/mol. The van der Waals surface area contributed by atoms with E-state index in [4.69, 9.17) is 4.52 Å². The fourth-order valence-corrected chi connectivity index (χ4v) is 7.85. The zero-order chi connectivity index (χ0) is 21.7. The first-order chi connectivity index (χ1) is 14.1. The van der Waals surface area contributed by atoms with E-state index in [-0.39, 0.29) is 59.8 Å². The molecule has 1 saturated carbocycles. The van der Waals surface area contributed by atoms with Crippen molar-refractivity contribution in [2.24, 2.45) is 0 Å². The average Bonchev–Trinajstić information content (AvgIpc) is 3.34. The third-order valence-electron chi connectivity index (χ3n) is 6.09. The number of sulfonamides is 1. The standard InChI is InChI=1S/C18H28N4O6S2/c1-13-18(14(2)28-19-13)30(26,27)21-8-6-20(7-9-21)11-17(23)22(15-3-4-15)16-5-10-29(24,25)12-16/h15-16H,3-12H2,1-2H3/t16-/m1/s1. The van der Waals surface area contributed by atoms with Crippen molar-refractivity contribution in [2.75, 3.05) is 44.2 Å². The van der Waals surface area contributed by atoms with Gasteiger partial charge in [0.1, 0.15) is 10.6 Å². The molecule has 1 atom stereocenters. The lowest BCUT2D eigenvalue weighted by atomic mass is 10.2. The molecule has 0 radical (unpaired) electrons. The van der Waals surface area contributed by atoms with E-state index in [2.05, 4.69) is 5.16 Å². The van der Waals surface area contributed by atoms with Gasteiger partial charge in [0, 0.05) is 38.3 Å². The van der Waals surface area contributed by atoms with Gasteiger partial charge in [-0.15, -0.1) is 0 Å². The minimum absolute atomic E-state index is 0.0540. The minimum Gasteiger partial charge on any atom is -0.360 e. The lowest BCUT2D eigenvalue weighted by Gasteiger charge is -2.36. The fraction of sp³-hybridized carbons (Fsp3) is 0.778. The van der Waals surface area contributed by atoms with Gasteiger partial charge in [-0.1, -0.05) is 5.16 Å².